The maximum Gasteiger partial charge on any atom is 0.254 e. The van der Waals surface area contributed by atoms with E-state index in [0.29, 0.717) is 13.1 Å². The Hall–Kier alpha value is -1.44. The summed E-state index contributed by atoms with van der Waals surface area (Å²) < 4.78 is 6.33. The standard InChI is InChI=1S/C19H24BrN3O3/c20-14-1-2-15-16(11-14)19(3-4-19)13-23(18(15)25)12-17(24)21-5-6-22-7-9-26-10-8-22/h1-2,11H,3-10,12-13H2,(H,21,24). The van der Waals surface area contributed by atoms with Gasteiger partial charge < -0.3 is 15.0 Å². The Labute approximate surface area is 162 Å². The van der Waals surface area contributed by atoms with Crippen LogP contribution in [0.2, 0.25) is 0 Å². The Morgan fingerprint density at radius 2 is 2.04 bits per heavy atom. The van der Waals surface area contributed by atoms with Crippen molar-refractivity contribution in [2.75, 3.05) is 52.5 Å². The molecule has 26 heavy (non-hydrogen) atoms. The smallest absolute Gasteiger partial charge is 0.254 e. The molecule has 0 atom stereocenters. The third-order valence-corrected chi connectivity index (χ3v) is 6.10. The molecule has 1 N–H and O–H groups in total. The van der Waals surface area contributed by atoms with Crippen molar-refractivity contribution in [1.29, 1.82) is 0 Å². The molecule has 0 radical (unpaired) electrons. The van der Waals surface area contributed by atoms with Crippen LogP contribution in [0.5, 0.6) is 0 Å². The maximum absolute atomic E-state index is 12.8. The van der Waals surface area contributed by atoms with Gasteiger partial charge in [-0.25, -0.2) is 0 Å². The molecule has 2 amide bonds. The van der Waals surface area contributed by atoms with Crippen LogP contribution < -0.4 is 5.32 Å². The van der Waals surface area contributed by atoms with Gasteiger partial charge in [0.05, 0.1) is 19.8 Å². The lowest BCUT2D eigenvalue weighted by Crippen LogP contribution is -2.49. The second kappa shape index (κ2) is 7.29. The molecule has 3 aliphatic rings. The first-order valence-corrected chi connectivity index (χ1v) is 10.0. The molecule has 0 aromatic heterocycles. The summed E-state index contributed by atoms with van der Waals surface area (Å²) in [5, 5.41) is 2.96. The van der Waals surface area contributed by atoms with Gasteiger partial charge >= 0.3 is 0 Å². The second-order valence-corrected chi connectivity index (χ2v) is 8.35. The lowest BCUT2D eigenvalue weighted by Gasteiger charge is -2.34. The van der Waals surface area contributed by atoms with E-state index in [0.717, 1.165) is 61.3 Å². The first-order valence-electron chi connectivity index (χ1n) is 9.24. The fourth-order valence-electron chi connectivity index (χ4n) is 3.95. The topological polar surface area (TPSA) is 61.9 Å². The van der Waals surface area contributed by atoms with Gasteiger partial charge in [-0.2, -0.15) is 0 Å². The Morgan fingerprint density at radius 3 is 2.77 bits per heavy atom. The summed E-state index contributed by atoms with van der Waals surface area (Å²) in [6.07, 6.45) is 2.16. The maximum atomic E-state index is 12.8. The van der Waals surface area contributed by atoms with Gasteiger partial charge in [0.2, 0.25) is 5.91 Å². The van der Waals surface area contributed by atoms with Crippen LogP contribution in [0.1, 0.15) is 28.8 Å². The van der Waals surface area contributed by atoms with Gasteiger partial charge in [-0.3, -0.25) is 14.5 Å². The molecule has 1 aliphatic carbocycles. The minimum atomic E-state index is -0.0806. The van der Waals surface area contributed by atoms with Gasteiger partial charge in [0, 0.05) is 48.2 Å². The molecule has 0 bridgehead atoms. The molecule has 6 nitrogen and oxygen atoms in total. The van der Waals surface area contributed by atoms with E-state index in [2.05, 4.69) is 32.2 Å². The van der Waals surface area contributed by atoms with E-state index in [1.807, 2.05) is 12.1 Å². The summed E-state index contributed by atoms with van der Waals surface area (Å²) >= 11 is 3.51. The number of ether oxygens (including phenoxy) is 1. The first kappa shape index (κ1) is 17.9. The highest BCUT2D eigenvalue weighted by Crippen LogP contribution is 2.52. The van der Waals surface area contributed by atoms with Gasteiger partial charge in [-0.05, 0) is 36.6 Å². The number of amides is 2. The third-order valence-electron chi connectivity index (χ3n) is 5.61. The van der Waals surface area contributed by atoms with Crippen LogP contribution in [0.4, 0.5) is 0 Å². The Kier molecular flexibility index (Phi) is 5.03. The van der Waals surface area contributed by atoms with E-state index in [1.54, 1.807) is 4.90 Å². The minimum Gasteiger partial charge on any atom is -0.379 e. The average Bonchev–Trinajstić information content (AvgIpc) is 3.41. The summed E-state index contributed by atoms with van der Waals surface area (Å²) in [5.41, 5.74) is 1.94. The van der Waals surface area contributed by atoms with Crippen molar-refractivity contribution in [2.45, 2.75) is 18.3 Å². The van der Waals surface area contributed by atoms with Gasteiger partial charge in [-0.1, -0.05) is 15.9 Å². The van der Waals surface area contributed by atoms with E-state index in [4.69, 9.17) is 4.74 Å². The highest BCUT2D eigenvalue weighted by Gasteiger charge is 2.51. The molecule has 1 aromatic rings. The quantitative estimate of drug-likeness (QED) is 0.779. The number of fused-ring (bicyclic) bond motifs is 2. The van der Waals surface area contributed by atoms with Gasteiger partial charge in [0.15, 0.2) is 0 Å². The van der Waals surface area contributed by atoms with Gasteiger partial charge in [-0.15, -0.1) is 0 Å². The molecule has 2 heterocycles. The Balaban J connectivity index is 1.34. The van der Waals surface area contributed by atoms with Crippen molar-refractivity contribution >= 4 is 27.7 Å². The number of carbonyl (C=O) groups excluding carboxylic acids is 2. The number of hydrogen-bond acceptors (Lipinski definition) is 4. The average molecular weight is 422 g/mol. The van der Waals surface area contributed by atoms with Crippen molar-refractivity contribution in [3.63, 3.8) is 0 Å². The molecule has 4 rings (SSSR count). The second-order valence-electron chi connectivity index (χ2n) is 7.44. The van der Waals surface area contributed by atoms with Crippen LogP contribution in [-0.2, 0) is 14.9 Å². The normalized spacial score (nSPS) is 21.6. The largest absolute Gasteiger partial charge is 0.379 e. The SMILES string of the molecule is O=C(CN1CC2(CC2)c2cc(Br)ccc2C1=O)NCCN1CCOCC1. The fraction of sp³-hybridized carbons (Fsp3) is 0.579. The fourth-order valence-corrected chi connectivity index (χ4v) is 4.31. The van der Waals surface area contributed by atoms with Crippen molar-refractivity contribution in [1.82, 2.24) is 15.1 Å². The monoisotopic (exact) mass is 421 g/mol. The molecule has 7 heteroatoms. The number of hydrogen-bond donors (Lipinski definition) is 1. The summed E-state index contributed by atoms with van der Waals surface area (Å²) in [4.78, 5) is 29.1. The molecule has 1 aromatic carbocycles. The lowest BCUT2D eigenvalue weighted by atomic mass is 9.86. The van der Waals surface area contributed by atoms with Crippen molar-refractivity contribution in [3.8, 4) is 0 Å². The number of morpholine rings is 1. The van der Waals surface area contributed by atoms with E-state index in [9.17, 15) is 9.59 Å². The highest BCUT2D eigenvalue weighted by atomic mass is 79.9. The van der Waals surface area contributed by atoms with Crippen LogP contribution >= 0.6 is 15.9 Å². The summed E-state index contributed by atoms with van der Waals surface area (Å²) in [5.74, 6) is -0.115. The highest BCUT2D eigenvalue weighted by molar-refractivity contribution is 9.10. The van der Waals surface area contributed by atoms with E-state index in [1.165, 1.54) is 0 Å². The molecule has 1 spiro atoms. The summed E-state index contributed by atoms with van der Waals surface area (Å²) in [6.45, 7) is 5.55. The molecule has 140 valence electrons. The van der Waals surface area contributed by atoms with Crippen molar-refractivity contribution in [3.05, 3.63) is 33.8 Å². The van der Waals surface area contributed by atoms with Crippen molar-refractivity contribution in [2.24, 2.45) is 0 Å². The van der Waals surface area contributed by atoms with Crippen LogP contribution in [0.25, 0.3) is 0 Å². The first-order chi connectivity index (χ1) is 12.6. The van der Waals surface area contributed by atoms with Crippen molar-refractivity contribution < 1.29 is 14.3 Å². The number of carbonyl (C=O) groups is 2. The van der Waals surface area contributed by atoms with Crippen LogP contribution in [0.3, 0.4) is 0 Å². The third kappa shape index (κ3) is 3.66. The molecular weight excluding hydrogens is 398 g/mol. The Morgan fingerprint density at radius 1 is 1.27 bits per heavy atom. The van der Waals surface area contributed by atoms with Gasteiger partial charge in [0.1, 0.15) is 0 Å². The molecular formula is C19H24BrN3O3. The van der Waals surface area contributed by atoms with Crippen LogP contribution in [0, 0.1) is 0 Å². The summed E-state index contributed by atoms with van der Waals surface area (Å²) in [7, 11) is 0. The number of nitrogens with zero attached hydrogens (tertiary/aromatic N) is 2. The van der Waals surface area contributed by atoms with E-state index < -0.39 is 0 Å². The zero-order valence-electron chi connectivity index (χ0n) is 14.8. The van der Waals surface area contributed by atoms with Gasteiger partial charge in [0.25, 0.3) is 5.91 Å². The lowest BCUT2D eigenvalue weighted by molar-refractivity contribution is -0.122. The zero-order valence-corrected chi connectivity index (χ0v) is 16.4. The molecule has 1 saturated carbocycles. The number of rotatable bonds is 5. The number of benzene rings is 1. The van der Waals surface area contributed by atoms with Crippen LogP contribution in [0.15, 0.2) is 22.7 Å². The van der Waals surface area contributed by atoms with Crippen LogP contribution in [-0.4, -0.2) is 74.1 Å². The predicted molar refractivity (Wildman–Crippen MR) is 101 cm³/mol. The molecule has 2 fully saturated rings. The van der Waals surface area contributed by atoms with E-state index >= 15 is 0 Å². The predicted octanol–water partition coefficient (Wildman–Crippen LogP) is 1.38. The minimum absolute atomic E-state index is 0.0339. The number of nitrogens with one attached hydrogen (secondary N) is 1. The summed E-state index contributed by atoms with van der Waals surface area (Å²) in [6, 6.07) is 5.85. The molecule has 0 unspecified atom stereocenters. The van der Waals surface area contributed by atoms with E-state index in [-0.39, 0.29) is 23.8 Å². The number of halogens is 1. The zero-order chi connectivity index (χ0) is 18.1. The molecule has 1 saturated heterocycles. The molecule has 2 aliphatic heterocycles. The Bertz CT molecular complexity index is 714.